The molecule has 2 nitrogen and oxygen atoms in total. The molecule has 1 fully saturated rings. The van der Waals surface area contributed by atoms with Crippen molar-refractivity contribution in [2.24, 2.45) is 11.8 Å². The summed E-state index contributed by atoms with van der Waals surface area (Å²) in [5, 5.41) is 3.20. The third-order valence-corrected chi connectivity index (χ3v) is 3.65. The minimum atomic E-state index is 0.874. The Bertz CT molecular complexity index is 150. The first kappa shape index (κ1) is 12.0. The summed E-state index contributed by atoms with van der Waals surface area (Å²) in [6, 6.07) is 0.874. The van der Waals surface area contributed by atoms with Gasteiger partial charge in [0.15, 0.2) is 0 Å². The maximum Gasteiger partial charge on any atom is 0.00977 e. The van der Waals surface area contributed by atoms with Crippen molar-refractivity contribution in [1.82, 2.24) is 10.2 Å². The van der Waals surface area contributed by atoms with Gasteiger partial charge in [0, 0.05) is 6.04 Å². The first-order valence-corrected chi connectivity index (χ1v) is 6.00. The SMILES string of the molecule is CNCCCN(C)C1CC(C(C)C)C1. The fourth-order valence-electron chi connectivity index (χ4n) is 2.22. The van der Waals surface area contributed by atoms with Crippen molar-refractivity contribution in [3.63, 3.8) is 0 Å². The van der Waals surface area contributed by atoms with Crippen molar-refractivity contribution in [2.75, 3.05) is 27.2 Å². The van der Waals surface area contributed by atoms with E-state index in [0.29, 0.717) is 0 Å². The van der Waals surface area contributed by atoms with Gasteiger partial charge < -0.3 is 10.2 Å². The molecule has 0 unspecified atom stereocenters. The van der Waals surface area contributed by atoms with E-state index in [0.717, 1.165) is 24.4 Å². The average molecular weight is 198 g/mol. The van der Waals surface area contributed by atoms with Crippen molar-refractivity contribution < 1.29 is 0 Å². The number of nitrogens with one attached hydrogen (secondary N) is 1. The Hall–Kier alpha value is -0.0800. The molecule has 0 bridgehead atoms. The van der Waals surface area contributed by atoms with Crippen LogP contribution in [0.15, 0.2) is 0 Å². The van der Waals surface area contributed by atoms with Crippen LogP contribution in [0.3, 0.4) is 0 Å². The first-order valence-electron chi connectivity index (χ1n) is 6.00. The highest BCUT2D eigenvalue weighted by Gasteiger charge is 2.33. The van der Waals surface area contributed by atoms with Crippen LogP contribution >= 0.6 is 0 Å². The minimum Gasteiger partial charge on any atom is -0.320 e. The number of nitrogens with zero attached hydrogens (tertiary/aromatic N) is 1. The number of hydrogen-bond donors (Lipinski definition) is 1. The molecule has 1 rings (SSSR count). The molecule has 0 amide bonds. The molecular formula is C12H26N2. The standard InChI is InChI=1S/C12H26N2/c1-10(2)11-8-12(9-11)14(4)7-5-6-13-3/h10-13H,5-9H2,1-4H3. The van der Waals surface area contributed by atoms with Crippen LogP contribution in [-0.2, 0) is 0 Å². The lowest BCUT2D eigenvalue weighted by Crippen LogP contribution is -2.44. The van der Waals surface area contributed by atoms with E-state index in [1.807, 2.05) is 7.05 Å². The molecule has 0 spiro atoms. The molecule has 1 aliphatic rings. The fourth-order valence-corrected chi connectivity index (χ4v) is 2.22. The summed E-state index contributed by atoms with van der Waals surface area (Å²) in [6.07, 6.45) is 4.12. The molecular weight excluding hydrogens is 172 g/mol. The predicted octanol–water partition coefficient (Wildman–Crippen LogP) is 1.96. The Kier molecular flexibility index (Phi) is 4.90. The molecule has 84 valence electrons. The Labute approximate surface area is 89.1 Å². The molecule has 0 heterocycles. The summed E-state index contributed by atoms with van der Waals surface area (Å²) >= 11 is 0. The zero-order valence-electron chi connectivity index (χ0n) is 10.2. The maximum absolute atomic E-state index is 3.20. The Morgan fingerprint density at radius 3 is 2.50 bits per heavy atom. The van der Waals surface area contributed by atoms with Gasteiger partial charge in [-0.1, -0.05) is 13.8 Å². The van der Waals surface area contributed by atoms with Crippen LogP contribution in [0.4, 0.5) is 0 Å². The summed E-state index contributed by atoms with van der Waals surface area (Å²) in [6.45, 7) is 7.09. The molecule has 1 N–H and O–H groups in total. The molecule has 2 heteroatoms. The van der Waals surface area contributed by atoms with E-state index >= 15 is 0 Å². The fraction of sp³-hybridized carbons (Fsp3) is 1.00. The van der Waals surface area contributed by atoms with E-state index in [9.17, 15) is 0 Å². The predicted molar refractivity (Wildman–Crippen MR) is 62.5 cm³/mol. The Morgan fingerprint density at radius 2 is 2.00 bits per heavy atom. The van der Waals surface area contributed by atoms with Crippen molar-refractivity contribution in [1.29, 1.82) is 0 Å². The van der Waals surface area contributed by atoms with Crippen molar-refractivity contribution in [3.05, 3.63) is 0 Å². The van der Waals surface area contributed by atoms with Gasteiger partial charge in [0.05, 0.1) is 0 Å². The second kappa shape index (κ2) is 5.72. The van der Waals surface area contributed by atoms with E-state index in [4.69, 9.17) is 0 Å². The third kappa shape index (κ3) is 3.25. The number of hydrogen-bond acceptors (Lipinski definition) is 2. The van der Waals surface area contributed by atoms with Gasteiger partial charge in [-0.25, -0.2) is 0 Å². The van der Waals surface area contributed by atoms with Gasteiger partial charge in [-0.3, -0.25) is 0 Å². The smallest absolute Gasteiger partial charge is 0.00977 e. The molecule has 0 aliphatic heterocycles. The lowest BCUT2D eigenvalue weighted by Gasteiger charge is -2.43. The zero-order chi connectivity index (χ0) is 10.6. The molecule has 0 saturated heterocycles. The van der Waals surface area contributed by atoms with Crippen LogP contribution < -0.4 is 5.32 Å². The van der Waals surface area contributed by atoms with Gasteiger partial charge in [-0.05, 0) is 58.3 Å². The van der Waals surface area contributed by atoms with Gasteiger partial charge >= 0.3 is 0 Å². The normalized spacial score (nSPS) is 27.0. The molecule has 0 aromatic rings. The molecule has 1 aliphatic carbocycles. The van der Waals surface area contributed by atoms with Crippen LogP contribution in [0, 0.1) is 11.8 Å². The van der Waals surface area contributed by atoms with E-state index in [-0.39, 0.29) is 0 Å². The zero-order valence-corrected chi connectivity index (χ0v) is 10.2. The summed E-state index contributed by atoms with van der Waals surface area (Å²) < 4.78 is 0. The Morgan fingerprint density at radius 1 is 1.36 bits per heavy atom. The quantitative estimate of drug-likeness (QED) is 0.656. The molecule has 0 aromatic carbocycles. The minimum absolute atomic E-state index is 0.874. The second-order valence-electron chi connectivity index (χ2n) is 5.07. The molecule has 1 saturated carbocycles. The highest BCUT2D eigenvalue weighted by atomic mass is 15.1. The highest BCUT2D eigenvalue weighted by molar-refractivity contribution is 4.87. The van der Waals surface area contributed by atoms with Crippen LogP contribution in [0.2, 0.25) is 0 Å². The summed E-state index contributed by atoms with van der Waals surface area (Å²) in [5.41, 5.74) is 0. The second-order valence-corrected chi connectivity index (χ2v) is 5.07. The van der Waals surface area contributed by atoms with Crippen molar-refractivity contribution >= 4 is 0 Å². The maximum atomic E-state index is 3.20. The van der Waals surface area contributed by atoms with Gasteiger partial charge in [0.1, 0.15) is 0 Å². The van der Waals surface area contributed by atoms with Crippen LogP contribution in [-0.4, -0.2) is 38.1 Å². The van der Waals surface area contributed by atoms with Crippen LogP contribution in [0.25, 0.3) is 0 Å². The van der Waals surface area contributed by atoms with Crippen molar-refractivity contribution in [3.8, 4) is 0 Å². The average Bonchev–Trinajstić information content (AvgIpc) is 2.01. The van der Waals surface area contributed by atoms with E-state index in [2.05, 4.69) is 31.1 Å². The Balaban J connectivity index is 2.07. The molecule has 0 aromatic heterocycles. The summed E-state index contributed by atoms with van der Waals surface area (Å²) in [5.74, 6) is 1.88. The largest absolute Gasteiger partial charge is 0.320 e. The summed E-state index contributed by atoms with van der Waals surface area (Å²) in [4.78, 5) is 2.54. The third-order valence-electron chi connectivity index (χ3n) is 3.65. The van der Waals surface area contributed by atoms with Gasteiger partial charge in [0.25, 0.3) is 0 Å². The van der Waals surface area contributed by atoms with Gasteiger partial charge in [-0.15, -0.1) is 0 Å². The number of rotatable bonds is 6. The lowest BCUT2D eigenvalue weighted by molar-refractivity contribution is 0.0738. The summed E-state index contributed by atoms with van der Waals surface area (Å²) in [7, 11) is 4.30. The first-order chi connectivity index (χ1) is 6.65. The van der Waals surface area contributed by atoms with Crippen LogP contribution in [0.5, 0.6) is 0 Å². The van der Waals surface area contributed by atoms with Gasteiger partial charge in [-0.2, -0.15) is 0 Å². The lowest BCUT2D eigenvalue weighted by atomic mass is 9.73. The topological polar surface area (TPSA) is 15.3 Å². The van der Waals surface area contributed by atoms with Crippen LogP contribution in [0.1, 0.15) is 33.1 Å². The monoisotopic (exact) mass is 198 g/mol. The van der Waals surface area contributed by atoms with E-state index in [1.165, 1.54) is 25.8 Å². The van der Waals surface area contributed by atoms with E-state index < -0.39 is 0 Å². The van der Waals surface area contributed by atoms with Crippen molar-refractivity contribution in [2.45, 2.75) is 39.2 Å². The van der Waals surface area contributed by atoms with E-state index in [1.54, 1.807) is 0 Å². The highest BCUT2D eigenvalue weighted by Crippen LogP contribution is 2.36. The molecule has 14 heavy (non-hydrogen) atoms. The van der Waals surface area contributed by atoms with Gasteiger partial charge in [0.2, 0.25) is 0 Å². The molecule has 0 atom stereocenters. The molecule has 0 radical (unpaired) electrons.